The van der Waals surface area contributed by atoms with E-state index in [1.807, 2.05) is 13.0 Å². The molecule has 21 heavy (non-hydrogen) atoms. The van der Waals surface area contributed by atoms with E-state index in [2.05, 4.69) is 20.8 Å². The highest BCUT2D eigenvalue weighted by molar-refractivity contribution is 7.94. The number of amides is 1. The smallest absolute Gasteiger partial charge is 0.261 e. The van der Waals surface area contributed by atoms with Gasteiger partial charge in [0.25, 0.3) is 5.91 Å². The number of ether oxygens (including phenoxy) is 1. The summed E-state index contributed by atoms with van der Waals surface area (Å²) < 4.78 is 11.8. The molecule has 2 rings (SSSR count). The second-order valence-corrected chi connectivity index (χ2v) is 5.03. The molecule has 1 aromatic heterocycles. The molecule has 0 unspecified atom stereocenters. The van der Waals surface area contributed by atoms with Gasteiger partial charge in [-0.3, -0.25) is 10.1 Å². The van der Waals surface area contributed by atoms with Gasteiger partial charge in [0.15, 0.2) is 0 Å². The summed E-state index contributed by atoms with van der Waals surface area (Å²) in [7, 11) is 4.70. The summed E-state index contributed by atoms with van der Waals surface area (Å²) in [4.78, 5) is 13.1. The molecular weight excluding hydrogens is 294 g/mol. The number of nitrogens with zero attached hydrogens (tertiary/aromatic N) is 4. The Hall–Kier alpha value is -2.13. The molecule has 2 aromatic rings. The van der Waals surface area contributed by atoms with Gasteiger partial charge < -0.3 is 8.92 Å². The van der Waals surface area contributed by atoms with Crippen LogP contribution in [-0.2, 0) is 11.2 Å². The van der Waals surface area contributed by atoms with Crippen LogP contribution in [0.2, 0.25) is 0 Å². The highest BCUT2D eigenvalue weighted by Crippen LogP contribution is 2.35. The fraction of sp³-hybridized carbons (Fsp3) is 0.333. The Balaban J connectivity index is 2.36. The van der Waals surface area contributed by atoms with Crippen LogP contribution in [-0.4, -0.2) is 40.3 Å². The van der Waals surface area contributed by atoms with Crippen molar-refractivity contribution in [2.24, 2.45) is 7.05 Å². The first kappa shape index (κ1) is 15.3. The molecule has 1 aromatic carbocycles. The fourth-order valence-corrected chi connectivity index (χ4v) is 2.37. The topological polar surface area (TPSA) is 91.2 Å². The minimum absolute atomic E-state index is 0.253. The van der Waals surface area contributed by atoms with Crippen LogP contribution in [0.1, 0.15) is 15.9 Å². The highest BCUT2D eigenvalue weighted by atomic mass is 32.2. The number of rotatable bonds is 5. The summed E-state index contributed by atoms with van der Waals surface area (Å²) in [5.74, 6) is 0.348. The van der Waals surface area contributed by atoms with E-state index in [-0.39, 0.29) is 11.9 Å². The predicted octanol–water partition coefficient (Wildman–Crippen LogP) is 1.43. The lowest BCUT2D eigenvalue weighted by atomic mass is 10.1. The van der Waals surface area contributed by atoms with Gasteiger partial charge in [-0.25, -0.2) is 4.68 Å². The van der Waals surface area contributed by atoms with E-state index in [0.717, 1.165) is 22.5 Å². The van der Waals surface area contributed by atoms with Crippen LogP contribution in [0, 0.1) is 6.92 Å². The van der Waals surface area contributed by atoms with Crippen LogP contribution < -0.4 is 10.1 Å². The quantitative estimate of drug-likeness (QED) is 0.835. The van der Waals surface area contributed by atoms with Crippen molar-refractivity contribution in [1.82, 2.24) is 20.2 Å². The first-order valence-electron chi connectivity index (χ1n) is 6.00. The van der Waals surface area contributed by atoms with Gasteiger partial charge in [0.05, 0.1) is 24.7 Å². The summed E-state index contributed by atoms with van der Waals surface area (Å²) in [6, 6.07) is 3.51. The number of hydrogen-bond acceptors (Lipinski definition) is 7. The molecule has 0 saturated carbocycles. The normalized spacial score (nSPS) is 10.5. The Morgan fingerprint density at radius 3 is 2.71 bits per heavy atom. The number of aryl methyl sites for hydroxylation is 2. The van der Waals surface area contributed by atoms with Gasteiger partial charge in [-0.1, -0.05) is 11.2 Å². The molecule has 9 heteroatoms. The van der Waals surface area contributed by atoms with Crippen molar-refractivity contribution in [3.8, 4) is 5.75 Å². The number of aromatic nitrogens is 4. The van der Waals surface area contributed by atoms with E-state index < -0.39 is 0 Å². The predicted molar refractivity (Wildman–Crippen MR) is 77.3 cm³/mol. The summed E-state index contributed by atoms with van der Waals surface area (Å²) in [6.45, 7) is 1.91. The maximum absolute atomic E-state index is 12.4. The van der Waals surface area contributed by atoms with Gasteiger partial charge in [-0.2, -0.15) is 0 Å². The minimum Gasteiger partial charge on any atom is -0.495 e. The molecule has 0 bridgehead atoms. The number of carbonyl (C=O) groups excluding carboxylic acids is 1. The van der Waals surface area contributed by atoms with E-state index in [4.69, 9.17) is 8.92 Å². The first-order valence-corrected chi connectivity index (χ1v) is 6.74. The SMILES string of the molecule is COSc1c(C)ccc(C(=O)Nc2nnnn2C)c1OC. The number of nitrogens with one attached hydrogen (secondary N) is 1. The lowest BCUT2D eigenvalue weighted by Gasteiger charge is -2.14. The van der Waals surface area contributed by atoms with Crippen molar-refractivity contribution in [1.29, 1.82) is 0 Å². The summed E-state index contributed by atoms with van der Waals surface area (Å²) in [6.07, 6.45) is 0. The number of anilines is 1. The maximum atomic E-state index is 12.4. The number of methoxy groups -OCH3 is 1. The third-order valence-corrected chi connectivity index (χ3v) is 3.61. The highest BCUT2D eigenvalue weighted by Gasteiger charge is 2.20. The van der Waals surface area contributed by atoms with Crippen molar-refractivity contribution in [2.45, 2.75) is 11.8 Å². The fourth-order valence-electron chi connectivity index (χ4n) is 1.73. The molecule has 0 aliphatic rings. The van der Waals surface area contributed by atoms with Crippen LogP contribution in [0.3, 0.4) is 0 Å². The summed E-state index contributed by atoms with van der Waals surface area (Å²) >= 11 is 1.15. The zero-order chi connectivity index (χ0) is 15.4. The molecule has 1 heterocycles. The van der Waals surface area contributed by atoms with E-state index in [9.17, 15) is 4.79 Å². The van der Waals surface area contributed by atoms with Gasteiger partial charge in [0.1, 0.15) is 5.75 Å². The maximum Gasteiger partial charge on any atom is 0.261 e. The van der Waals surface area contributed by atoms with Crippen molar-refractivity contribution in [3.63, 3.8) is 0 Å². The van der Waals surface area contributed by atoms with Crippen LogP contribution in [0.5, 0.6) is 5.75 Å². The molecule has 0 fully saturated rings. The third kappa shape index (κ3) is 3.14. The molecule has 1 N–H and O–H groups in total. The standard InChI is InChI=1S/C12H15N5O3S/c1-7-5-6-8(9(19-3)10(7)21-20-4)11(18)13-12-14-15-16-17(12)2/h5-6H,1-4H3,(H,13,14,16,18). The second-order valence-electron chi connectivity index (χ2n) is 4.12. The Morgan fingerprint density at radius 2 is 2.14 bits per heavy atom. The van der Waals surface area contributed by atoms with Crippen LogP contribution in [0.4, 0.5) is 5.95 Å². The molecule has 0 aliphatic carbocycles. The Labute approximate surface area is 126 Å². The average Bonchev–Trinajstić information content (AvgIpc) is 2.86. The largest absolute Gasteiger partial charge is 0.495 e. The Kier molecular flexibility index (Phi) is 4.76. The second kappa shape index (κ2) is 6.55. The average molecular weight is 309 g/mol. The van der Waals surface area contributed by atoms with Crippen molar-refractivity contribution in [2.75, 3.05) is 19.5 Å². The number of carbonyl (C=O) groups is 1. The van der Waals surface area contributed by atoms with Gasteiger partial charge in [0, 0.05) is 19.1 Å². The zero-order valence-corrected chi connectivity index (χ0v) is 12.9. The van der Waals surface area contributed by atoms with Crippen molar-refractivity contribution >= 4 is 23.9 Å². The molecular formula is C12H15N5O3S. The monoisotopic (exact) mass is 309 g/mol. The molecule has 1 amide bonds. The number of tetrazole rings is 1. The third-order valence-electron chi connectivity index (χ3n) is 2.77. The zero-order valence-electron chi connectivity index (χ0n) is 12.1. The van der Waals surface area contributed by atoms with Crippen LogP contribution >= 0.6 is 12.0 Å². The molecule has 0 radical (unpaired) electrons. The first-order chi connectivity index (χ1) is 10.1. The van der Waals surface area contributed by atoms with Crippen LogP contribution in [0.25, 0.3) is 0 Å². The van der Waals surface area contributed by atoms with E-state index in [1.54, 1.807) is 20.2 Å². The lowest BCUT2D eigenvalue weighted by Crippen LogP contribution is -2.16. The molecule has 0 aliphatic heterocycles. The van der Waals surface area contributed by atoms with Crippen LogP contribution in [0.15, 0.2) is 17.0 Å². The molecule has 112 valence electrons. The van der Waals surface area contributed by atoms with Gasteiger partial charge in [0.2, 0.25) is 5.95 Å². The van der Waals surface area contributed by atoms with Crippen molar-refractivity contribution in [3.05, 3.63) is 23.3 Å². The number of benzene rings is 1. The van der Waals surface area contributed by atoms with E-state index >= 15 is 0 Å². The van der Waals surface area contributed by atoms with E-state index in [0.29, 0.717) is 11.3 Å². The van der Waals surface area contributed by atoms with Gasteiger partial charge >= 0.3 is 0 Å². The van der Waals surface area contributed by atoms with Gasteiger partial charge in [-0.05, 0) is 29.0 Å². The Morgan fingerprint density at radius 1 is 1.38 bits per heavy atom. The number of hydrogen-bond donors (Lipinski definition) is 1. The van der Waals surface area contributed by atoms with E-state index in [1.165, 1.54) is 11.8 Å². The summed E-state index contributed by atoms with van der Waals surface area (Å²) in [5, 5.41) is 13.5. The molecule has 0 spiro atoms. The Bertz CT molecular complexity index is 658. The minimum atomic E-state index is -0.359. The van der Waals surface area contributed by atoms with Gasteiger partial charge in [-0.15, -0.1) is 0 Å². The molecule has 0 saturated heterocycles. The lowest BCUT2D eigenvalue weighted by molar-refractivity contribution is 0.102. The summed E-state index contributed by atoms with van der Waals surface area (Å²) in [5.41, 5.74) is 1.33. The molecule has 8 nitrogen and oxygen atoms in total. The molecule has 0 atom stereocenters. The van der Waals surface area contributed by atoms with Crippen molar-refractivity contribution < 1.29 is 13.7 Å².